The molecule has 0 fully saturated rings. The van der Waals surface area contributed by atoms with Crippen molar-refractivity contribution in [3.05, 3.63) is 40.6 Å². The van der Waals surface area contributed by atoms with Crippen LogP contribution in [0.15, 0.2) is 29.5 Å². The fourth-order valence-electron chi connectivity index (χ4n) is 2.21. The fourth-order valence-corrected chi connectivity index (χ4v) is 13.7. The Kier molecular flexibility index (Phi) is 3.86. The van der Waals surface area contributed by atoms with Gasteiger partial charge in [-0.2, -0.15) is 0 Å². The first-order chi connectivity index (χ1) is 7.41. The van der Waals surface area contributed by atoms with E-state index in [0.717, 1.165) is 0 Å². The molecule has 0 aliphatic heterocycles. The van der Waals surface area contributed by atoms with Crippen LogP contribution in [0.4, 0.5) is 0 Å². The standard InChI is InChI=1S/C12H15Si.2ClH.Zr/c1-13(2,3)12-8-10-6-4-5-7-11(10)9-12;;;/h4-9H,1-3H3;2*1H;/q;;;+2/p-2. The van der Waals surface area contributed by atoms with Gasteiger partial charge >= 0.3 is 114 Å². The minimum atomic E-state index is -2.27. The van der Waals surface area contributed by atoms with Crippen molar-refractivity contribution in [2.45, 2.75) is 23.3 Å². The molecule has 0 heterocycles. The summed E-state index contributed by atoms with van der Waals surface area (Å²) in [7, 11) is 11.4. The van der Waals surface area contributed by atoms with Crippen LogP contribution in [0.3, 0.4) is 0 Å². The van der Waals surface area contributed by atoms with E-state index in [1.54, 1.807) is 5.20 Å². The van der Waals surface area contributed by atoms with E-state index < -0.39 is 27.4 Å². The molecule has 85 valence electrons. The molecule has 0 bridgehead atoms. The SMILES string of the molecule is C[Si](C)(C)C1=Cc2ccccc2[CH]1[Zr]([Cl])[Cl]. The molecule has 2 rings (SSSR count). The molecule has 1 atom stereocenters. The summed E-state index contributed by atoms with van der Waals surface area (Å²) < 4.78 is 0.397. The van der Waals surface area contributed by atoms with Gasteiger partial charge < -0.3 is 0 Å². The van der Waals surface area contributed by atoms with E-state index in [0.29, 0.717) is 3.63 Å². The number of hydrogen-bond acceptors (Lipinski definition) is 0. The Hall–Kier alpha value is 0.640. The van der Waals surface area contributed by atoms with Crippen LogP contribution in [0.2, 0.25) is 19.6 Å². The van der Waals surface area contributed by atoms with Crippen molar-refractivity contribution < 1.29 is 19.4 Å². The van der Waals surface area contributed by atoms with Gasteiger partial charge in [-0.05, 0) is 0 Å². The molecule has 1 unspecified atom stereocenters. The summed E-state index contributed by atoms with van der Waals surface area (Å²) in [6.45, 7) is 7.12. The number of benzene rings is 1. The molecule has 0 saturated carbocycles. The number of fused-ring (bicyclic) bond motifs is 1. The zero-order valence-corrected chi connectivity index (χ0v) is 14.7. The van der Waals surface area contributed by atoms with Gasteiger partial charge in [0.25, 0.3) is 0 Å². The van der Waals surface area contributed by atoms with E-state index >= 15 is 0 Å². The van der Waals surface area contributed by atoms with Crippen molar-refractivity contribution in [2.75, 3.05) is 0 Å². The molecular formula is C12H15Cl2SiZr. The maximum absolute atomic E-state index is 6.36. The van der Waals surface area contributed by atoms with Gasteiger partial charge in [-0.25, -0.2) is 0 Å². The summed E-state index contributed by atoms with van der Waals surface area (Å²) in [5.41, 5.74) is 2.71. The molecule has 0 N–H and O–H groups in total. The van der Waals surface area contributed by atoms with Gasteiger partial charge in [-0.3, -0.25) is 0 Å². The molecule has 1 aromatic rings. The fraction of sp³-hybridized carbons (Fsp3) is 0.333. The van der Waals surface area contributed by atoms with Crippen molar-refractivity contribution in [1.29, 1.82) is 0 Å². The second kappa shape index (κ2) is 4.72. The van der Waals surface area contributed by atoms with Gasteiger partial charge in [-0.1, -0.05) is 0 Å². The summed E-state index contributed by atoms with van der Waals surface area (Å²) in [6.07, 6.45) is 2.34. The van der Waals surface area contributed by atoms with Crippen LogP contribution in [0.25, 0.3) is 6.08 Å². The first kappa shape index (κ1) is 13.1. The van der Waals surface area contributed by atoms with Gasteiger partial charge in [0.05, 0.1) is 0 Å². The molecule has 0 amide bonds. The van der Waals surface area contributed by atoms with E-state index in [1.807, 2.05) is 0 Å². The van der Waals surface area contributed by atoms with Gasteiger partial charge in [0, 0.05) is 0 Å². The first-order valence-corrected chi connectivity index (χ1v) is 16.6. The van der Waals surface area contributed by atoms with Gasteiger partial charge in [0.1, 0.15) is 0 Å². The van der Waals surface area contributed by atoms with Crippen molar-refractivity contribution in [2.24, 2.45) is 0 Å². The Morgan fingerprint density at radius 3 is 2.31 bits per heavy atom. The molecule has 4 heteroatoms. The average molecular weight is 349 g/mol. The van der Waals surface area contributed by atoms with E-state index in [2.05, 4.69) is 50.0 Å². The van der Waals surface area contributed by atoms with E-state index in [9.17, 15) is 0 Å². The molecule has 0 saturated heterocycles. The van der Waals surface area contributed by atoms with Gasteiger partial charge in [-0.15, -0.1) is 0 Å². The van der Waals surface area contributed by atoms with E-state index in [-0.39, 0.29) is 0 Å². The van der Waals surface area contributed by atoms with Crippen molar-refractivity contribution in [3.63, 3.8) is 0 Å². The van der Waals surface area contributed by atoms with Crippen LogP contribution in [0.1, 0.15) is 14.8 Å². The predicted molar refractivity (Wildman–Crippen MR) is 72.2 cm³/mol. The number of rotatable bonds is 2. The second-order valence-corrected chi connectivity index (χ2v) is 19.1. The Morgan fingerprint density at radius 2 is 1.75 bits per heavy atom. The third-order valence-corrected chi connectivity index (χ3v) is 11.1. The van der Waals surface area contributed by atoms with Gasteiger partial charge in [0.2, 0.25) is 0 Å². The maximum atomic E-state index is 6.36. The summed E-state index contributed by atoms with van der Waals surface area (Å²) >= 11 is -2.27. The van der Waals surface area contributed by atoms with Crippen molar-refractivity contribution in [3.8, 4) is 0 Å². The molecule has 0 radical (unpaired) electrons. The van der Waals surface area contributed by atoms with Crippen LogP contribution in [0.5, 0.6) is 0 Å². The molecule has 1 aliphatic rings. The molecule has 1 aliphatic carbocycles. The van der Waals surface area contributed by atoms with Crippen LogP contribution >= 0.6 is 17.0 Å². The third-order valence-electron chi connectivity index (χ3n) is 3.01. The Balaban J connectivity index is 2.51. The number of hydrogen-bond donors (Lipinski definition) is 0. The quantitative estimate of drug-likeness (QED) is 0.664. The Morgan fingerprint density at radius 1 is 1.12 bits per heavy atom. The van der Waals surface area contributed by atoms with E-state index in [1.165, 1.54) is 11.1 Å². The first-order valence-electron chi connectivity index (χ1n) is 5.40. The summed E-state index contributed by atoms with van der Waals surface area (Å²) in [5, 5.41) is 1.55. The second-order valence-electron chi connectivity index (χ2n) is 5.20. The predicted octanol–water partition coefficient (Wildman–Crippen LogP) is 4.93. The zero-order chi connectivity index (χ0) is 11.9. The third kappa shape index (κ3) is 2.41. The summed E-state index contributed by atoms with van der Waals surface area (Å²) in [4.78, 5) is 0. The number of halogens is 2. The monoisotopic (exact) mass is 347 g/mol. The molecule has 0 spiro atoms. The summed E-state index contributed by atoms with van der Waals surface area (Å²) in [5.74, 6) is 0. The Bertz CT molecular complexity index is 435. The zero-order valence-electron chi connectivity index (χ0n) is 9.72. The Labute approximate surface area is 113 Å². The molecule has 16 heavy (non-hydrogen) atoms. The van der Waals surface area contributed by atoms with Crippen LogP contribution in [0, 0.1) is 0 Å². The van der Waals surface area contributed by atoms with Crippen molar-refractivity contribution >= 4 is 31.2 Å². The van der Waals surface area contributed by atoms with Crippen LogP contribution < -0.4 is 0 Å². The normalized spacial score (nSPS) is 19.3. The topological polar surface area (TPSA) is 0 Å². The average Bonchev–Trinajstić information content (AvgIpc) is 2.55. The van der Waals surface area contributed by atoms with Crippen molar-refractivity contribution in [1.82, 2.24) is 0 Å². The van der Waals surface area contributed by atoms with Crippen LogP contribution in [-0.2, 0) is 19.4 Å². The molecule has 0 aromatic heterocycles. The minimum absolute atomic E-state index is 0.397. The number of allylic oxidation sites excluding steroid dienone is 1. The van der Waals surface area contributed by atoms with Crippen LogP contribution in [-0.4, -0.2) is 8.07 Å². The molecular weight excluding hydrogens is 334 g/mol. The van der Waals surface area contributed by atoms with Gasteiger partial charge in [0.15, 0.2) is 0 Å². The molecule has 0 nitrogen and oxygen atoms in total. The van der Waals surface area contributed by atoms with E-state index in [4.69, 9.17) is 17.0 Å². The summed E-state index contributed by atoms with van der Waals surface area (Å²) in [6, 6.07) is 8.54. The molecule has 1 aromatic carbocycles.